The first-order valence-corrected chi connectivity index (χ1v) is 10.3. The van der Waals surface area contributed by atoms with Crippen molar-refractivity contribution in [2.75, 3.05) is 0 Å². The summed E-state index contributed by atoms with van der Waals surface area (Å²) in [6.45, 7) is 0.515. The SMILES string of the molecule is N#Cc1cc(C(=O)N/N=C/c2cccc3c2ccn3Cc2c(Cl)cccc2Cl)ccc1O. The number of carbonyl (C=O) groups excluding carboxylic acids is 1. The molecule has 0 aliphatic rings. The molecule has 1 aromatic heterocycles. The molecule has 3 aromatic carbocycles. The van der Waals surface area contributed by atoms with Crippen molar-refractivity contribution in [3.05, 3.63) is 99.2 Å². The van der Waals surface area contributed by atoms with Crippen LogP contribution in [0.5, 0.6) is 5.75 Å². The number of benzene rings is 3. The van der Waals surface area contributed by atoms with Gasteiger partial charge < -0.3 is 9.67 Å². The number of nitriles is 1. The second-order valence-corrected chi connectivity index (χ2v) is 7.78. The fraction of sp³-hybridized carbons (Fsp3) is 0.0417. The first kappa shape index (κ1) is 21.4. The number of hydrogen-bond acceptors (Lipinski definition) is 4. The highest BCUT2D eigenvalue weighted by Crippen LogP contribution is 2.27. The van der Waals surface area contributed by atoms with Crippen LogP contribution in [-0.2, 0) is 6.54 Å². The number of nitrogens with zero attached hydrogens (tertiary/aromatic N) is 3. The first-order chi connectivity index (χ1) is 15.5. The van der Waals surface area contributed by atoms with Crippen molar-refractivity contribution in [1.29, 1.82) is 5.26 Å². The quantitative estimate of drug-likeness (QED) is 0.309. The van der Waals surface area contributed by atoms with Crippen LogP contribution in [0.15, 0.2) is 72.0 Å². The number of aromatic nitrogens is 1. The van der Waals surface area contributed by atoms with Crippen LogP contribution in [0.1, 0.15) is 27.0 Å². The van der Waals surface area contributed by atoms with Crippen LogP contribution in [0.2, 0.25) is 10.0 Å². The highest BCUT2D eigenvalue weighted by Gasteiger charge is 2.11. The lowest BCUT2D eigenvalue weighted by Gasteiger charge is -2.10. The average Bonchev–Trinajstić information content (AvgIpc) is 3.20. The maximum absolute atomic E-state index is 12.3. The van der Waals surface area contributed by atoms with Crippen molar-refractivity contribution in [1.82, 2.24) is 9.99 Å². The van der Waals surface area contributed by atoms with E-state index in [1.807, 2.05) is 59.3 Å². The molecule has 4 rings (SSSR count). The summed E-state index contributed by atoms with van der Waals surface area (Å²) in [5.74, 6) is -0.669. The fourth-order valence-corrected chi connectivity index (χ4v) is 3.86. The molecule has 4 aromatic rings. The van der Waals surface area contributed by atoms with Crippen LogP contribution < -0.4 is 5.43 Å². The molecule has 0 radical (unpaired) electrons. The van der Waals surface area contributed by atoms with Crippen molar-refractivity contribution in [3.63, 3.8) is 0 Å². The van der Waals surface area contributed by atoms with E-state index in [2.05, 4.69) is 10.5 Å². The third-order valence-electron chi connectivity index (χ3n) is 4.99. The Balaban J connectivity index is 1.55. The van der Waals surface area contributed by atoms with Gasteiger partial charge in [-0.15, -0.1) is 0 Å². The molecule has 0 saturated carbocycles. The highest BCUT2D eigenvalue weighted by atomic mass is 35.5. The molecule has 0 aliphatic carbocycles. The lowest BCUT2D eigenvalue weighted by Crippen LogP contribution is -2.17. The Kier molecular flexibility index (Phi) is 6.13. The van der Waals surface area contributed by atoms with E-state index in [0.717, 1.165) is 22.0 Å². The Bertz CT molecular complexity index is 1380. The molecule has 0 atom stereocenters. The van der Waals surface area contributed by atoms with E-state index in [0.29, 0.717) is 16.6 Å². The summed E-state index contributed by atoms with van der Waals surface area (Å²) >= 11 is 12.6. The number of phenols is 1. The van der Waals surface area contributed by atoms with Gasteiger partial charge in [-0.25, -0.2) is 5.43 Å². The van der Waals surface area contributed by atoms with Crippen molar-refractivity contribution in [2.45, 2.75) is 6.54 Å². The average molecular weight is 463 g/mol. The zero-order chi connectivity index (χ0) is 22.7. The molecule has 2 N–H and O–H groups in total. The number of phenolic OH excluding ortho intramolecular Hbond substituents is 1. The molecule has 0 spiro atoms. The highest BCUT2D eigenvalue weighted by molar-refractivity contribution is 6.36. The van der Waals surface area contributed by atoms with E-state index in [9.17, 15) is 9.90 Å². The molecule has 0 aliphatic heterocycles. The van der Waals surface area contributed by atoms with E-state index in [1.165, 1.54) is 18.2 Å². The third-order valence-corrected chi connectivity index (χ3v) is 5.69. The van der Waals surface area contributed by atoms with Gasteiger partial charge in [0.1, 0.15) is 11.8 Å². The lowest BCUT2D eigenvalue weighted by atomic mass is 10.1. The molecular formula is C24H16Cl2N4O2. The lowest BCUT2D eigenvalue weighted by molar-refractivity contribution is 0.0955. The van der Waals surface area contributed by atoms with E-state index in [4.69, 9.17) is 28.5 Å². The van der Waals surface area contributed by atoms with Gasteiger partial charge in [-0.2, -0.15) is 10.4 Å². The van der Waals surface area contributed by atoms with Crippen LogP contribution in [0.4, 0.5) is 0 Å². The van der Waals surface area contributed by atoms with Crippen molar-refractivity contribution >= 4 is 46.2 Å². The number of fused-ring (bicyclic) bond motifs is 1. The monoisotopic (exact) mass is 462 g/mol. The second kappa shape index (κ2) is 9.15. The topological polar surface area (TPSA) is 90.4 Å². The summed E-state index contributed by atoms with van der Waals surface area (Å²) < 4.78 is 2.04. The summed E-state index contributed by atoms with van der Waals surface area (Å²) in [7, 11) is 0. The molecular weight excluding hydrogens is 447 g/mol. The van der Waals surface area contributed by atoms with Crippen molar-refractivity contribution in [2.24, 2.45) is 5.10 Å². The Labute approximate surface area is 193 Å². The Morgan fingerprint density at radius 1 is 1.12 bits per heavy atom. The van der Waals surface area contributed by atoms with Gasteiger partial charge in [0.15, 0.2) is 0 Å². The zero-order valence-corrected chi connectivity index (χ0v) is 18.1. The van der Waals surface area contributed by atoms with Gasteiger partial charge in [-0.05, 0) is 42.5 Å². The van der Waals surface area contributed by atoms with E-state index in [-0.39, 0.29) is 16.9 Å². The van der Waals surface area contributed by atoms with E-state index in [1.54, 1.807) is 6.21 Å². The van der Waals surface area contributed by atoms with Gasteiger partial charge in [-0.3, -0.25) is 4.79 Å². The molecule has 32 heavy (non-hydrogen) atoms. The number of halogens is 2. The number of amides is 1. The predicted octanol–water partition coefficient (Wildman–Crippen LogP) is 5.34. The minimum absolute atomic E-state index is 0.0198. The largest absolute Gasteiger partial charge is 0.507 e. The van der Waals surface area contributed by atoms with E-state index >= 15 is 0 Å². The zero-order valence-electron chi connectivity index (χ0n) is 16.6. The predicted molar refractivity (Wildman–Crippen MR) is 125 cm³/mol. The van der Waals surface area contributed by atoms with Crippen LogP contribution in [0.25, 0.3) is 10.9 Å². The van der Waals surface area contributed by atoms with Gasteiger partial charge in [-0.1, -0.05) is 41.4 Å². The van der Waals surface area contributed by atoms with Crippen molar-refractivity contribution in [3.8, 4) is 11.8 Å². The van der Waals surface area contributed by atoms with Crippen LogP contribution in [-0.4, -0.2) is 21.8 Å². The normalized spacial score (nSPS) is 11.0. The number of nitrogens with one attached hydrogen (secondary N) is 1. The minimum Gasteiger partial charge on any atom is -0.507 e. The number of rotatable bonds is 5. The molecule has 0 fully saturated rings. The van der Waals surface area contributed by atoms with Crippen molar-refractivity contribution < 1.29 is 9.90 Å². The Morgan fingerprint density at radius 2 is 1.88 bits per heavy atom. The summed E-state index contributed by atoms with van der Waals surface area (Å²) in [6, 6.07) is 19.0. The summed E-state index contributed by atoms with van der Waals surface area (Å²) in [6.07, 6.45) is 3.50. The number of aromatic hydroxyl groups is 1. The molecule has 1 amide bonds. The Hall–Kier alpha value is -3.79. The maximum Gasteiger partial charge on any atom is 0.271 e. The van der Waals surface area contributed by atoms with Gasteiger partial charge in [0.05, 0.1) is 18.3 Å². The molecule has 8 heteroatoms. The van der Waals surface area contributed by atoms with Crippen LogP contribution in [0.3, 0.4) is 0 Å². The summed E-state index contributed by atoms with van der Waals surface area (Å²) in [4.78, 5) is 12.3. The molecule has 6 nitrogen and oxygen atoms in total. The number of hydrazone groups is 1. The molecule has 158 valence electrons. The maximum atomic E-state index is 12.3. The van der Waals surface area contributed by atoms with Gasteiger partial charge in [0.2, 0.25) is 0 Å². The van der Waals surface area contributed by atoms with Crippen LogP contribution in [0, 0.1) is 11.3 Å². The molecule has 0 unspecified atom stereocenters. The van der Waals surface area contributed by atoms with Gasteiger partial charge in [0.25, 0.3) is 5.91 Å². The van der Waals surface area contributed by atoms with Gasteiger partial charge in [0, 0.05) is 43.8 Å². The standard InChI is InChI=1S/C24H16Cl2N4O2/c25-20-4-2-5-21(26)19(20)14-30-10-9-18-16(3-1-6-22(18)30)13-28-29-24(32)15-7-8-23(31)17(11-15)12-27/h1-11,13,31H,14H2,(H,29,32)/b28-13+. The second-order valence-electron chi connectivity index (χ2n) is 6.97. The number of carbonyl (C=O) groups is 1. The molecule has 0 bridgehead atoms. The van der Waals surface area contributed by atoms with Crippen LogP contribution >= 0.6 is 23.2 Å². The third kappa shape index (κ3) is 4.30. The first-order valence-electron chi connectivity index (χ1n) is 9.55. The number of hydrogen-bond donors (Lipinski definition) is 2. The molecule has 1 heterocycles. The summed E-state index contributed by atoms with van der Waals surface area (Å²) in [5, 5.41) is 24.8. The smallest absolute Gasteiger partial charge is 0.271 e. The Morgan fingerprint density at radius 3 is 2.62 bits per heavy atom. The molecule has 0 saturated heterocycles. The van der Waals surface area contributed by atoms with Gasteiger partial charge >= 0.3 is 0 Å². The minimum atomic E-state index is -0.490. The summed E-state index contributed by atoms with van der Waals surface area (Å²) in [5.41, 5.74) is 5.30. The van der Waals surface area contributed by atoms with E-state index < -0.39 is 5.91 Å². The fourth-order valence-electron chi connectivity index (χ4n) is 3.34.